The summed E-state index contributed by atoms with van der Waals surface area (Å²) in [4.78, 5) is 25.4. The quantitative estimate of drug-likeness (QED) is 0.551. The molecule has 2 N–H and O–H groups in total. The number of unbranched alkanes of at least 4 members (excludes halogenated alkanes) is 2. The Labute approximate surface area is 171 Å². The van der Waals surface area contributed by atoms with Gasteiger partial charge in [-0.2, -0.15) is 0 Å². The molecule has 146 valence electrons. The average Bonchev–Trinajstić information content (AvgIpc) is 3.27. The number of fused-ring (bicyclic) bond motifs is 1. The molecule has 0 atom stereocenters. The van der Waals surface area contributed by atoms with Crippen LogP contribution in [0, 0.1) is 0 Å². The van der Waals surface area contributed by atoms with Gasteiger partial charge in [-0.25, -0.2) is 0 Å². The molecule has 29 heavy (non-hydrogen) atoms. The highest BCUT2D eigenvalue weighted by atomic mass is 16.2. The largest absolute Gasteiger partial charge is 0.321 e. The van der Waals surface area contributed by atoms with Gasteiger partial charge in [0.1, 0.15) is 0 Å². The molecular weight excluding hydrogens is 360 g/mol. The Morgan fingerprint density at radius 2 is 1.45 bits per heavy atom. The molecule has 2 amide bonds. The third kappa shape index (κ3) is 3.79. The Morgan fingerprint density at radius 3 is 2.14 bits per heavy atom. The van der Waals surface area contributed by atoms with E-state index in [1.54, 1.807) is 0 Å². The first-order valence-electron chi connectivity index (χ1n) is 10.1. The van der Waals surface area contributed by atoms with Gasteiger partial charge in [0.25, 0.3) is 11.8 Å². The highest BCUT2D eigenvalue weighted by molar-refractivity contribution is 6.30. The van der Waals surface area contributed by atoms with Crippen LogP contribution in [-0.4, -0.2) is 11.8 Å². The summed E-state index contributed by atoms with van der Waals surface area (Å²) in [7, 11) is 0. The molecule has 4 nitrogen and oxygen atoms in total. The second-order valence-corrected chi connectivity index (χ2v) is 7.29. The summed E-state index contributed by atoms with van der Waals surface area (Å²) in [6.45, 7) is 2.19. The van der Waals surface area contributed by atoms with E-state index in [0.717, 1.165) is 29.5 Å². The number of hydrogen-bond donors (Lipinski definition) is 2. The standard InChI is InChI=1S/C25H24N2O2/c1-2-3-4-5-7-11-17-12-10-15-19(16-17)23-21-20(24(28)27-23)22(26-25(21)29)18-13-8-6-9-14-18/h5-10,12-16H,2-4,11H2,1H3,(H,26,29)(H,27,28)/b7-5-. The van der Waals surface area contributed by atoms with Crippen LogP contribution in [0.25, 0.3) is 11.4 Å². The monoisotopic (exact) mass is 384 g/mol. The van der Waals surface area contributed by atoms with Crippen molar-refractivity contribution in [2.45, 2.75) is 32.6 Å². The van der Waals surface area contributed by atoms with E-state index in [0.29, 0.717) is 22.5 Å². The van der Waals surface area contributed by atoms with Crippen LogP contribution < -0.4 is 10.6 Å². The van der Waals surface area contributed by atoms with Gasteiger partial charge in [0.05, 0.1) is 22.5 Å². The molecule has 0 saturated heterocycles. The predicted octanol–water partition coefficient (Wildman–Crippen LogP) is 4.36. The predicted molar refractivity (Wildman–Crippen MR) is 115 cm³/mol. The van der Waals surface area contributed by atoms with Crippen molar-refractivity contribution >= 4 is 23.2 Å². The van der Waals surface area contributed by atoms with E-state index >= 15 is 0 Å². The first-order valence-corrected chi connectivity index (χ1v) is 10.1. The fraction of sp³-hybridized carbons (Fsp3) is 0.200. The summed E-state index contributed by atoms with van der Waals surface area (Å²) in [5.41, 5.74) is 4.86. The van der Waals surface area contributed by atoms with Crippen molar-refractivity contribution in [1.29, 1.82) is 0 Å². The number of rotatable bonds is 7. The lowest BCUT2D eigenvalue weighted by Crippen LogP contribution is -2.21. The van der Waals surface area contributed by atoms with Gasteiger partial charge in [-0.15, -0.1) is 0 Å². The van der Waals surface area contributed by atoms with Crippen LogP contribution in [0.2, 0.25) is 0 Å². The van der Waals surface area contributed by atoms with Crippen LogP contribution in [0.3, 0.4) is 0 Å². The van der Waals surface area contributed by atoms with Gasteiger partial charge in [-0.05, 0) is 35.6 Å². The van der Waals surface area contributed by atoms with Gasteiger partial charge in [0.2, 0.25) is 0 Å². The molecule has 0 radical (unpaired) electrons. The molecule has 0 fully saturated rings. The summed E-state index contributed by atoms with van der Waals surface area (Å²) in [5, 5.41) is 5.80. The van der Waals surface area contributed by atoms with Gasteiger partial charge in [-0.1, -0.05) is 80.4 Å². The van der Waals surface area contributed by atoms with E-state index in [1.165, 1.54) is 12.8 Å². The highest BCUT2D eigenvalue weighted by Crippen LogP contribution is 2.37. The number of carbonyl (C=O) groups excluding carboxylic acids is 2. The lowest BCUT2D eigenvalue weighted by atomic mass is 10.0. The molecule has 2 aromatic rings. The smallest absolute Gasteiger partial charge is 0.258 e. The molecule has 2 heterocycles. The van der Waals surface area contributed by atoms with E-state index < -0.39 is 0 Å². The van der Waals surface area contributed by atoms with Crippen LogP contribution in [-0.2, 0) is 16.0 Å². The van der Waals surface area contributed by atoms with Gasteiger partial charge in [0.15, 0.2) is 0 Å². The number of amides is 2. The molecule has 4 rings (SSSR count). The van der Waals surface area contributed by atoms with Crippen molar-refractivity contribution in [2.24, 2.45) is 0 Å². The molecule has 0 aromatic heterocycles. The summed E-state index contributed by atoms with van der Waals surface area (Å²) < 4.78 is 0. The zero-order valence-corrected chi connectivity index (χ0v) is 16.5. The van der Waals surface area contributed by atoms with Crippen LogP contribution in [0.5, 0.6) is 0 Å². The van der Waals surface area contributed by atoms with Crippen LogP contribution in [0.1, 0.15) is 42.9 Å². The fourth-order valence-corrected chi connectivity index (χ4v) is 3.73. The zero-order valence-electron chi connectivity index (χ0n) is 16.5. The lowest BCUT2D eigenvalue weighted by Gasteiger charge is -2.08. The van der Waals surface area contributed by atoms with E-state index in [9.17, 15) is 9.59 Å². The maximum atomic E-state index is 12.7. The van der Waals surface area contributed by atoms with E-state index in [2.05, 4.69) is 35.8 Å². The number of carbonyl (C=O) groups is 2. The Morgan fingerprint density at radius 1 is 0.793 bits per heavy atom. The third-order valence-corrected chi connectivity index (χ3v) is 5.20. The van der Waals surface area contributed by atoms with Crippen molar-refractivity contribution in [3.8, 4) is 0 Å². The van der Waals surface area contributed by atoms with Gasteiger partial charge < -0.3 is 10.6 Å². The second-order valence-electron chi connectivity index (χ2n) is 7.29. The fourth-order valence-electron chi connectivity index (χ4n) is 3.73. The normalized spacial score (nSPS) is 15.9. The van der Waals surface area contributed by atoms with Gasteiger partial charge >= 0.3 is 0 Å². The number of nitrogens with one attached hydrogen (secondary N) is 2. The summed E-state index contributed by atoms with van der Waals surface area (Å²) in [5.74, 6) is -0.478. The molecular formula is C25H24N2O2. The maximum Gasteiger partial charge on any atom is 0.258 e. The minimum Gasteiger partial charge on any atom is -0.321 e. The van der Waals surface area contributed by atoms with Crippen LogP contribution in [0.15, 0.2) is 77.9 Å². The first-order chi connectivity index (χ1) is 14.2. The molecule has 0 aliphatic carbocycles. The van der Waals surface area contributed by atoms with E-state index in [-0.39, 0.29) is 11.8 Å². The second kappa shape index (κ2) is 8.31. The molecule has 0 saturated carbocycles. The SMILES string of the molecule is CCCC/C=C\Cc1cccc(C2=C3C(=O)NC(c4ccccc4)=C3C(=O)N2)c1. The molecule has 0 bridgehead atoms. The molecule has 2 aliphatic heterocycles. The van der Waals surface area contributed by atoms with Crippen molar-refractivity contribution in [3.63, 3.8) is 0 Å². The lowest BCUT2D eigenvalue weighted by molar-refractivity contribution is -0.117. The van der Waals surface area contributed by atoms with Crippen molar-refractivity contribution in [1.82, 2.24) is 10.6 Å². The molecule has 0 unspecified atom stereocenters. The first kappa shape index (κ1) is 18.9. The van der Waals surface area contributed by atoms with Crippen molar-refractivity contribution in [2.75, 3.05) is 0 Å². The van der Waals surface area contributed by atoms with Crippen molar-refractivity contribution in [3.05, 3.63) is 94.6 Å². The topological polar surface area (TPSA) is 58.2 Å². The summed E-state index contributed by atoms with van der Waals surface area (Å²) in [6.07, 6.45) is 8.72. The Balaban J connectivity index is 1.67. The zero-order chi connectivity index (χ0) is 20.2. The summed E-state index contributed by atoms with van der Waals surface area (Å²) >= 11 is 0. The van der Waals surface area contributed by atoms with Crippen LogP contribution >= 0.6 is 0 Å². The van der Waals surface area contributed by atoms with Gasteiger partial charge in [-0.3, -0.25) is 9.59 Å². The number of benzene rings is 2. The average molecular weight is 384 g/mol. The van der Waals surface area contributed by atoms with Crippen molar-refractivity contribution < 1.29 is 9.59 Å². The van der Waals surface area contributed by atoms with Crippen LogP contribution in [0.4, 0.5) is 0 Å². The molecule has 4 heteroatoms. The van der Waals surface area contributed by atoms with E-state index in [1.807, 2.05) is 48.5 Å². The molecule has 2 aliphatic rings. The minimum atomic E-state index is -0.239. The highest BCUT2D eigenvalue weighted by Gasteiger charge is 2.40. The molecule has 2 aromatic carbocycles. The number of hydrogen-bond acceptors (Lipinski definition) is 2. The maximum absolute atomic E-state index is 12.7. The third-order valence-electron chi connectivity index (χ3n) is 5.20. The Kier molecular flexibility index (Phi) is 5.43. The van der Waals surface area contributed by atoms with E-state index in [4.69, 9.17) is 0 Å². The Bertz CT molecular complexity index is 1050. The number of allylic oxidation sites excluding steroid dienone is 2. The van der Waals surface area contributed by atoms with Gasteiger partial charge in [0, 0.05) is 0 Å². The summed E-state index contributed by atoms with van der Waals surface area (Å²) in [6, 6.07) is 17.5. The minimum absolute atomic E-state index is 0.239. The Hall–Kier alpha value is -3.40. The molecule has 0 spiro atoms.